The number of hydrogen-bond acceptors (Lipinski definition) is 4. The number of carbonyl (C=O) groups excluding carboxylic acids is 1. The molecule has 4 nitrogen and oxygen atoms in total. The monoisotopic (exact) mass is 379 g/mol. The van der Waals surface area contributed by atoms with Gasteiger partial charge in [0, 0.05) is 12.0 Å². The first kappa shape index (κ1) is 22.7. The number of rotatable bonds is 10. The smallest absolute Gasteiger partial charge is 0.308 e. The number of benzene rings is 1. The van der Waals surface area contributed by atoms with Gasteiger partial charge >= 0.3 is 5.97 Å². The van der Waals surface area contributed by atoms with Crippen LogP contribution in [0.3, 0.4) is 0 Å². The molecular formula is C21H35O4Si. The van der Waals surface area contributed by atoms with Crippen molar-refractivity contribution in [2.75, 3.05) is 7.11 Å². The summed E-state index contributed by atoms with van der Waals surface area (Å²) in [5.74, 6) is 0.594. The number of ether oxygens (including phenoxy) is 2. The minimum Gasteiger partial charge on any atom is -0.496 e. The number of methoxy groups -OCH3 is 1. The fraction of sp³-hybridized carbons (Fsp3) is 0.667. The topological polar surface area (TPSA) is 44.8 Å². The van der Waals surface area contributed by atoms with Crippen molar-refractivity contribution in [3.8, 4) is 5.75 Å². The van der Waals surface area contributed by atoms with Gasteiger partial charge in [0.25, 0.3) is 0 Å². The quantitative estimate of drug-likeness (QED) is 0.224. The highest BCUT2D eigenvalue weighted by Gasteiger charge is 2.24. The predicted octanol–water partition coefficient (Wildman–Crippen LogP) is 5.77. The maximum atomic E-state index is 12.2. The molecule has 1 radical (unpaired) electrons. The molecule has 0 saturated heterocycles. The molecule has 0 heterocycles. The van der Waals surface area contributed by atoms with Crippen molar-refractivity contribution in [1.29, 1.82) is 0 Å². The zero-order chi connectivity index (χ0) is 19.7. The molecule has 26 heavy (non-hydrogen) atoms. The van der Waals surface area contributed by atoms with E-state index in [0.717, 1.165) is 42.6 Å². The Hall–Kier alpha value is -1.33. The molecule has 1 aromatic rings. The van der Waals surface area contributed by atoms with Crippen LogP contribution in [0.1, 0.15) is 77.2 Å². The number of carbonyl (C=O) groups is 1. The molecule has 0 aromatic heterocycles. The molecule has 0 fully saturated rings. The number of hydrogen-bond donors (Lipinski definition) is 0. The maximum Gasteiger partial charge on any atom is 0.308 e. The molecule has 0 aliphatic rings. The molecule has 0 amide bonds. The van der Waals surface area contributed by atoms with Crippen molar-refractivity contribution in [2.24, 2.45) is 0 Å². The van der Waals surface area contributed by atoms with Crippen LogP contribution in [-0.4, -0.2) is 22.1 Å². The Kier molecular flexibility index (Phi) is 9.37. The number of esters is 1. The average Bonchev–Trinajstić information content (AvgIpc) is 2.56. The van der Waals surface area contributed by atoms with Crippen molar-refractivity contribution in [2.45, 2.75) is 84.6 Å². The van der Waals surface area contributed by atoms with E-state index in [1.165, 1.54) is 0 Å². The highest BCUT2D eigenvalue weighted by molar-refractivity contribution is 6.48. The third kappa shape index (κ3) is 7.50. The van der Waals surface area contributed by atoms with E-state index >= 15 is 0 Å². The van der Waals surface area contributed by atoms with Crippen LogP contribution in [0.25, 0.3) is 0 Å². The summed E-state index contributed by atoms with van der Waals surface area (Å²) >= 11 is 0. The van der Waals surface area contributed by atoms with Crippen LogP contribution in [0.15, 0.2) is 18.2 Å². The summed E-state index contributed by atoms with van der Waals surface area (Å²) in [7, 11) is 0.636. The summed E-state index contributed by atoms with van der Waals surface area (Å²) in [6.07, 6.45) is 3.99. The minimum atomic E-state index is -1.03. The van der Waals surface area contributed by atoms with Crippen LogP contribution < -0.4 is 4.74 Å². The van der Waals surface area contributed by atoms with Gasteiger partial charge in [-0.3, -0.25) is 4.79 Å². The first-order valence-corrected chi connectivity index (χ1v) is 11.9. The van der Waals surface area contributed by atoms with Crippen LogP contribution in [0, 0.1) is 0 Å². The fourth-order valence-electron chi connectivity index (χ4n) is 2.72. The summed E-state index contributed by atoms with van der Waals surface area (Å²) in [6, 6.07) is 5.95. The molecule has 0 aliphatic carbocycles. The third-order valence-corrected chi connectivity index (χ3v) is 4.81. The van der Waals surface area contributed by atoms with Gasteiger partial charge in [-0.05, 0) is 36.6 Å². The lowest BCUT2D eigenvalue weighted by molar-refractivity contribution is -0.165. The molecule has 0 N–H and O–H groups in total. The van der Waals surface area contributed by atoms with E-state index in [9.17, 15) is 4.79 Å². The van der Waals surface area contributed by atoms with Crippen LogP contribution in [0.2, 0.25) is 13.1 Å². The van der Waals surface area contributed by atoms with E-state index in [0.29, 0.717) is 6.42 Å². The summed E-state index contributed by atoms with van der Waals surface area (Å²) in [4.78, 5) is 12.2. The van der Waals surface area contributed by atoms with E-state index in [2.05, 4.69) is 27.7 Å². The Balaban J connectivity index is 2.93. The van der Waals surface area contributed by atoms with Crippen molar-refractivity contribution in [1.82, 2.24) is 0 Å². The zero-order valence-corrected chi connectivity index (χ0v) is 18.5. The molecular weight excluding hydrogens is 344 g/mol. The lowest BCUT2D eigenvalue weighted by atomic mass is 9.86. The van der Waals surface area contributed by atoms with E-state index < -0.39 is 15.3 Å². The SMILES string of the molecule is CCCCCCC(=O)OC(O[Si](C)C)c1ccc(C(C)(C)C)c(OC)c1. The zero-order valence-electron chi connectivity index (χ0n) is 17.5. The normalized spacial score (nSPS) is 12.9. The third-order valence-electron chi connectivity index (χ3n) is 4.12. The van der Waals surface area contributed by atoms with Crippen molar-refractivity contribution >= 4 is 15.0 Å². The average molecular weight is 380 g/mol. The van der Waals surface area contributed by atoms with Crippen molar-refractivity contribution < 1.29 is 18.7 Å². The van der Waals surface area contributed by atoms with Crippen molar-refractivity contribution in [3.05, 3.63) is 29.3 Å². The van der Waals surface area contributed by atoms with Crippen LogP contribution >= 0.6 is 0 Å². The Morgan fingerprint density at radius 3 is 2.38 bits per heavy atom. The first-order valence-electron chi connectivity index (χ1n) is 9.53. The molecule has 1 aromatic carbocycles. The number of unbranched alkanes of at least 4 members (excludes halogenated alkanes) is 3. The fourth-order valence-corrected chi connectivity index (χ4v) is 3.34. The highest BCUT2D eigenvalue weighted by Crippen LogP contribution is 2.34. The molecule has 5 heteroatoms. The lowest BCUT2D eigenvalue weighted by Crippen LogP contribution is -2.20. The van der Waals surface area contributed by atoms with Gasteiger partial charge in [-0.1, -0.05) is 59.1 Å². The predicted molar refractivity (Wildman–Crippen MR) is 108 cm³/mol. The van der Waals surface area contributed by atoms with Gasteiger partial charge in [0.1, 0.15) is 5.75 Å². The molecule has 1 unspecified atom stereocenters. The van der Waals surface area contributed by atoms with Gasteiger partial charge in [0.2, 0.25) is 15.3 Å². The second-order valence-electron chi connectivity index (χ2n) is 7.87. The van der Waals surface area contributed by atoms with E-state index in [4.69, 9.17) is 13.9 Å². The minimum absolute atomic E-state index is 0.0271. The molecule has 0 aliphatic heterocycles. The van der Waals surface area contributed by atoms with Crippen LogP contribution in [-0.2, 0) is 19.4 Å². The molecule has 1 atom stereocenters. The second-order valence-corrected chi connectivity index (χ2v) is 9.92. The standard InChI is InChI=1S/C21H35O4Si/c1-8-9-10-11-12-19(22)24-20(25-26(6)7)16-13-14-17(21(2,3)4)18(15-16)23-5/h13-15,20H,8-12H2,1-7H3. The molecule has 0 spiro atoms. The first-order chi connectivity index (χ1) is 12.2. The highest BCUT2D eigenvalue weighted by atomic mass is 28.3. The lowest BCUT2D eigenvalue weighted by Gasteiger charge is -2.25. The molecule has 147 valence electrons. The van der Waals surface area contributed by atoms with Gasteiger partial charge in [-0.25, -0.2) is 0 Å². The Morgan fingerprint density at radius 2 is 1.85 bits per heavy atom. The van der Waals surface area contributed by atoms with Crippen molar-refractivity contribution in [3.63, 3.8) is 0 Å². The van der Waals surface area contributed by atoms with Gasteiger partial charge in [-0.15, -0.1) is 0 Å². The van der Waals surface area contributed by atoms with Gasteiger partial charge in [0.05, 0.1) is 7.11 Å². The Morgan fingerprint density at radius 1 is 1.15 bits per heavy atom. The van der Waals surface area contributed by atoms with E-state index in [1.807, 2.05) is 31.3 Å². The molecule has 1 rings (SSSR count). The summed E-state index contributed by atoms with van der Waals surface area (Å²) in [6.45, 7) is 12.7. The molecule has 0 bridgehead atoms. The van der Waals surface area contributed by atoms with Crippen LogP contribution in [0.5, 0.6) is 5.75 Å². The second kappa shape index (κ2) is 10.7. The summed E-state index contributed by atoms with van der Waals surface area (Å²) in [5, 5.41) is 0. The largest absolute Gasteiger partial charge is 0.496 e. The maximum absolute atomic E-state index is 12.2. The van der Waals surface area contributed by atoms with Gasteiger partial charge in [-0.2, -0.15) is 0 Å². The van der Waals surface area contributed by atoms with E-state index in [1.54, 1.807) is 7.11 Å². The Bertz CT molecular complexity index is 564. The summed E-state index contributed by atoms with van der Waals surface area (Å²) < 4.78 is 17.2. The van der Waals surface area contributed by atoms with Crippen LogP contribution in [0.4, 0.5) is 0 Å². The summed E-state index contributed by atoms with van der Waals surface area (Å²) in [5.41, 5.74) is 1.91. The van der Waals surface area contributed by atoms with E-state index in [-0.39, 0.29) is 11.4 Å². The van der Waals surface area contributed by atoms with Gasteiger partial charge in [0.15, 0.2) is 0 Å². The Labute approximate surface area is 161 Å². The van der Waals surface area contributed by atoms with Gasteiger partial charge < -0.3 is 13.9 Å². The molecule has 0 saturated carbocycles.